The van der Waals surface area contributed by atoms with Crippen LogP contribution in [0.1, 0.15) is 23.3 Å². The monoisotopic (exact) mass is 446 g/mol. The van der Waals surface area contributed by atoms with Crippen LogP contribution in [0.25, 0.3) is 10.7 Å². The molecule has 0 spiro atoms. The summed E-state index contributed by atoms with van der Waals surface area (Å²) in [6.45, 7) is 3.08. The molecule has 1 fully saturated rings. The van der Waals surface area contributed by atoms with Gasteiger partial charge in [0.25, 0.3) is 0 Å². The molecule has 5 heterocycles. The maximum Gasteiger partial charge on any atom is 0.233 e. The average molecular weight is 447 g/mol. The van der Waals surface area contributed by atoms with Crippen molar-refractivity contribution in [2.24, 2.45) is 0 Å². The Labute approximate surface area is 181 Å². The fourth-order valence-electron chi connectivity index (χ4n) is 3.82. The summed E-state index contributed by atoms with van der Waals surface area (Å²) in [4.78, 5) is 17.3. The van der Waals surface area contributed by atoms with E-state index in [4.69, 9.17) is 4.74 Å². The van der Waals surface area contributed by atoms with E-state index in [1.807, 2.05) is 16.3 Å². The lowest BCUT2D eigenvalue weighted by atomic mass is 10.1. The number of carbonyl (C=O) groups is 1. The number of rotatable bonds is 6. The summed E-state index contributed by atoms with van der Waals surface area (Å²) in [5.41, 5.74) is 1.29. The Balaban J connectivity index is 1.29. The molecule has 29 heavy (non-hydrogen) atoms. The van der Waals surface area contributed by atoms with Crippen LogP contribution in [0.15, 0.2) is 34.1 Å². The maximum atomic E-state index is 12.8. The van der Waals surface area contributed by atoms with Gasteiger partial charge in [-0.05, 0) is 47.7 Å². The molecule has 3 aromatic rings. The minimum atomic E-state index is 0.163. The number of nitrogens with zero attached hydrogens (tertiary/aromatic N) is 4. The van der Waals surface area contributed by atoms with Gasteiger partial charge in [0.1, 0.15) is 0 Å². The lowest BCUT2D eigenvalue weighted by Gasteiger charge is -2.26. The van der Waals surface area contributed by atoms with E-state index in [1.54, 1.807) is 22.7 Å². The van der Waals surface area contributed by atoms with Gasteiger partial charge >= 0.3 is 0 Å². The van der Waals surface area contributed by atoms with E-state index >= 15 is 0 Å². The lowest BCUT2D eigenvalue weighted by molar-refractivity contribution is -0.129. The highest BCUT2D eigenvalue weighted by Gasteiger charge is 2.25. The number of aromatic nitrogens is 3. The number of hydrogen-bond donors (Lipinski definition) is 0. The molecule has 3 aromatic heterocycles. The highest BCUT2D eigenvalue weighted by molar-refractivity contribution is 7.99. The van der Waals surface area contributed by atoms with Gasteiger partial charge < -0.3 is 9.64 Å². The largest absolute Gasteiger partial charge is 0.376 e. The number of amides is 1. The van der Waals surface area contributed by atoms with Crippen molar-refractivity contribution in [1.82, 2.24) is 19.7 Å². The molecular formula is C20H22N4O2S3. The van der Waals surface area contributed by atoms with Crippen LogP contribution in [0.4, 0.5) is 0 Å². The smallest absolute Gasteiger partial charge is 0.233 e. The van der Waals surface area contributed by atoms with E-state index < -0.39 is 0 Å². The highest BCUT2D eigenvalue weighted by atomic mass is 32.2. The topological polar surface area (TPSA) is 60.3 Å². The zero-order valence-electron chi connectivity index (χ0n) is 16.0. The fraction of sp³-hybridized carbons (Fsp3) is 0.450. The van der Waals surface area contributed by atoms with Crippen molar-refractivity contribution in [2.45, 2.75) is 43.6 Å². The van der Waals surface area contributed by atoms with E-state index in [-0.39, 0.29) is 12.0 Å². The standard InChI is InChI=1S/C20H22N4O2S3/c25-18(23-7-5-16-14(11-23)6-10-28-16)13-29-20-22-21-19(17-4-2-9-27-17)24(20)12-15-3-1-8-26-15/h2,4,6,9-10,15H,1,3,5,7-8,11-13H2. The van der Waals surface area contributed by atoms with Gasteiger partial charge in [0.2, 0.25) is 5.91 Å². The number of thiophene rings is 2. The van der Waals surface area contributed by atoms with Crippen molar-refractivity contribution in [2.75, 3.05) is 18.9 Å². The molecule has 1 atom stereocenters. The summed E-state index contributed by atoms with van der Waals surface area (Å²) in [7, 11) is 0. The van der Waals surface area contributed by atoms with Crippen LogP contribution < -0.4 is 0 Å². The number of thioether (sulfide) groups is 1. The minimum absolute atomic E-state index is 0.163. The third kappa shape index (κ3) is 4.14. The number of ether oxygens (including phenoxy) is 1. The van der Waals surface area contributed by atoms with Crippen LogP contribution in [0, 0.1) is 0 Å². The van der Waals surface area contributed by atoms with Crippen LogP contribution in [0.3, 0.4) is 0 Å². The highest BCUT2D eigenvalue weighted by Crippen LogP contribution is 2.30. The lowest BCUT2D eigenvalue weighted by Crippen LogP contribution is -2.36. The second-order valence-electron chi connectivity index (χ2n) is 7.25. The predicted molar refractivity (Wildman–Crippen MR) is 116 cm³/mol. The van der Waals surface area contributed by atoms with Crippen LogP contribution in [-0.4, -0.2) is 50.6 Å². The zero-order valence-corrected chi connectivity index (χ0v) is 18.4. The Hall–Kier alpha value is -1.68. The Kier molecular flexibility index (Phi) is 5.72. The van der Waals surface area contributed by atoms with E-state index in [0.29, 0.717) is 5.75 Å². The van der Waals surface area contributed by atoms with Crippen molar-refractivity contribution in [3.05, 3.63) is 39.4 Å². The molecule has 6 nitrogen and oxygen atoms in total. The zero-order chi connectivity index (χ0) is 19.6. The number of hydrogen-bond acceptors (Lipinski definition) is 7. The molecule has 0 N–H and O–H groups in total. The summed E-state index contributed by atoms with van der Waals surface area (Å²) in [6.07, 6.45) is 3.31. The second-order valence-corrected chi connectivity index (χ2v) is 10.1. The summed E-state index contributed by atoms with van der Waals surface area (Å²) in [5.74, 6) is 1.41. The molecule has 0 saturated carbocycles. The molecule has 0 aromatic carbocycles. The van der Waals surface area contributed by atoms with Gasteiger partial charge in [0.05, 0.1) is 23.3 Å². The summed E-state index contributed by atoms with van der Waals surface area (Å²) >= 11 is 4.93. The van der Waals surface area contributed by atoms with Gasteiger partial charge in [0, 0.05) is 24.6 Å². The maximum absolute atomic E-state index is 12.8. The second kappa shape index (κ2) is 8.59. The molecule has 1 unspecified atom stereocenters. The molecule has 5 rings (SSSR count). The first-order chi connectivity index (χ1) is 14.3. The first-order valence-corrected chi connectivity index (χ1v) is 12.6. The summed E-state index contributed by atoms with van der Waals surface area (Å²) < 4.78 is 7.98. The summed E-state index contributed by atoms with van der Waals surface area (Å²) in [6, 6.07) is 6.22. The van der Waals surface area contributed by atoms with E-state index in [2.05, 4.69) is 32.3 Å². The van der Waals surface area contributed by atoms with Gasteiger partial charge in [0.15, 0.2) is 11.0 Å². The van der Waals surface area contributed by atoms with Crippen LogP contribution in [0.2, 0.25) is 0 Å². The SMILES string of the molecule is O=C(CSc1nnc(-c2cccs2)n1CC1CCCO1)N1CCc2sccc2C1. The third-order valence-electron chi connectivity index (χ3n) is 5.35. The first kappa shape index (κ1) is 19.3. The average Bonchev–Trinajstić information content (AvgIpc) is 3.53. The molecule has 2 aliphatic rings. The van der Waals surface area contributed by atoms with Gasteiger partial charge in [-0.15, -0.1) is 32.9 Å². The van der Waals surface area contributed by atoms with Crippen LogP contribution in [-0.2, 0) is 29.0 Å². The fourth-order valence-corrected chi connectivity index (χ4v) is 6.28. The molecule has 1 saturated heterocycles. The third-order valence-corrected chi connectivity index (χ3v) is 8.19. The Morgan fingerprint density at radius 3 is 3.07 bits per heavy atom. The van der Waals surface area contributed by atoms with E-state index in [1.165, 1.54) is 22.2 Å². The van der Waals surface area contributed by atoms with E-state index in [0.717, 1.165) is 61.4 Å². The Morgan fingerprint density at radius 1 is 1.28 bits per heavy atom. The molecule has 9 heteroatoms. The first-order valence-electron chi connectivity index (χ1n) is 9.82. The summed E-state index contributed by atoms with van der Waals surface area (Å²) in [5, 5.41) is 13.8. The normalized spacial score (nSPS) is 18.9. The number of fused-ring (bicyclic) bond motifs is 1. The quantitative estimate of drug-likeness (QED) is 0.537. The predicted octanol–water partition coefficient (Wildman–Crippen LogP) is 3.92. The van der Waals surface area contributed by atoms with Crippen molar-refractivity contribution < 1.29 is 9.53 Å². The van der Waals surface area contributed by atoms with Crippen LogP contribution >= 0.6 is 34.4 Å². The van der Waals surface area contributed by atoms with Crippen molar-refractivity contribution in [3.8, 4) is 10.7 Å². The molecule has 0 bridgehead atoms. The van der Waals surface area contributed by atoms with Crippen LogP contribution in [0.5, 0.6) is 0 Å². The van der Waals surface area contributed by atoms with Crippen molar-refractivity contribution in [3.63, 3.8) is 0 Å². The Morgan fingerprint density at radius 2 is 2.24 bits per heavy atom. The molecule has 152 valence electrons. The van der Waals surface area contributed by atoms with Gasteiger partial charge in [-0.1, -0.05) is 17.8 Å². The molecular weight excluding hydrogens is 424 g/mol. The van der Waals surface area contributed by atoms with Crippen molar-refractivity contribution in [1.29, 1.82) is 0 Å². The van der Waals surface area contributed by atoms with Gasteiger partial charge in [-0.25, -0.2) is 0 Å². The number of carbonyl (C=O) groups excluding carboxylic acids is 1. The van der Waals surface area contributed by atoms with Gasteiger partial charge in [-0.2, -0.15) is 0 Å². The minimum Gasteiger partial charge on any atom is -0.376 e. The van der Waals surface area contributed by atoms with Crippen molar-refractivity contribution >= 4 is 40.3 Å². The molecule has 0 radical (unpaired) electrons. The molecule has 1 amide bonds. The Bertz CT molecular complexity index is 976. The van der Waals surface area contributed by atoms with Gasteiger partial charge in [-0.3, -0.25) is 9.36 Å². The molecule has 0 aliphatic carbocycles. The molecule has 2 aliphatic heterocycles. The van der Waals surface area contributed by atoms with E-state index in [9.17, 15) is 4.79 Å².